The van der Waals surface area contributed by atoms with Crippen molar-refractivity contribution in [2.45, 2.75) is 13.0 Å². The first kappa shape index (κ1) is 18.3. The van der Waals surface area contributed by atoms with Gasteiger partial charge in [0.2, 0.25) is 0 Å². The van der Waals surface area contributed by atoms with E-state index in [9.17, 15) is 4.79 Å². The Kier molecular flexibility index (Phi) is 5.39. The molecule has 0 bridgehead atoms. The van der Waals surface area contributed by atoms with E-state index in [2.05, 4.69) is 5.32 Å². The third-order valence-corrected chi connectivity index (χ3v) is 5.86. The molecule has 3 rings (SSSR count). The van der Waals surface area contributed by atoms with Gasteiger partial charge < -0.3 is 9.73 Å². The summed E-state index contributed by atoms with van der Waals surface area (Å²) in [4.78, 5) is 15.1. The predicted octanol–water partition coefficient (Wildman–Crippen LogP) is 5.14. The SMILES string of the molecule is Cc1ccc([C@@H](CNC(=O)c2sc3cc(Cl)ccc3c2Cl)N(C)C)o1. The van der Waals surface area contributed by atoms with Crippen LogP contribution in [0.1, 0.15) is 27.2 Å². The average Bonchev–Trinajstić information content (AvgIpc) is 3.11. The quantitative estimate of drug-likeness (QED) is 0.648. The van der Waals surface area contributed by atoms with Crippen molar-refractivity contribution >= 4 is 50.5 Å². The molecular weight excluding hydrogens is 379 g/mol. The first-order valence-electron chi connectivity index (χ1n) is 7.75. The Bertz CT molecular complexity index is 917. The van der Waals surface area contributed by atoms with Crippen LogP contribution < -0.4 is 5.32 Å². The largest absolute Gasteiger partial charge is 0.465 e. The highest BCUT2D eigenvalue weighted by Gasteiger charge is 2.21. The molecule has 25 heavy (non-hydrogen) atoms. The van der Waals surface area contributed by atoms with E-state index in [1.54, 1.807) is 6.07 Å². The van der Waals surface area contributed by atoms with E-state index in [1.807, 2.05) is 50.2 Å². The van der Waals surface area contributed by atoms with Gasteiger partial charge in [-0.05, 0) is 45.3 Å². The van der Waals surface area contributed by atoms with Crippen LogP contribution in [0.3, 0.4) is 0 Å². The molecule has 0 aliphatic rings. The van der Waals surface area contributed by atoms with Gasteiger partial charge in [-0.15, -0.1) is 11.3 Å². The van der Waals surface area contributed by atoms with Crippen LogP contribution in [0, 0.1) is 6.92 Å². The van der Waals surface area contributed by atoms with Crippen molar-refractivity contribution in [1.82, 2.24) is 10.2 Å². The van der Waals surface area contributed by atoms with E-state index in [4.69, 9.17) is 27.6 Å². The highest BCUT2D eigenvalue weighted by Crippen LogP contribution is 2.36. The van der Waals surface area contributed by atoms with Gasteiger partial charge in [-0.1, -0.05) is 29.3 Å². The van der Waals surface area contributed by atoms with Gasteiger partial charge in [0.15, 0.2) is 0 Å². The number of hydrogen-bond donors (Lipinski definition) is 1. The third kappa shape index (κ3) is 3.85. The lowest BCUT2D eigenvalue weighted by molar-refractivity contribution is 0.0943. The number of aryl methyl sites for hydroxylation is 1. The number of benzene rings is 1. The van der Waals surface area contributed by atoms with Crippen molar-refractivity contribution in [2.75, 3.05) is 20.6 Å². The molecule has 0 unspecified atom stereocenters. The van der Waals surface area contributed by atoms with E-state index < -0.39 is 0 Å². The van der Waals surface area contributed by atoms with Gasteiger partial charge in [0.25, 0.3) is 5.91 Å². The van der Waals surface area contributed by atoms with Crippen molar-refractivity contribution < 1.29 is 9.21 Å². The topological polar surface area (TPSA) is 45.5 Å². The van der Waals surface area contributed by atoms with Gasteiger partial charge in [-0.2, -0.15) is 0 Å². The number of rotatable bonds is 5. The van der Waals surface area contributed by atoms with Gasteiger partial charge in [-0.3, -0.25) is 9.69 Å². The highest BCUT2D eigenvalue weighted by molar-refractivity contribution is 7.21. The Hall–Kier alpha value is -1.53. The summed E-state index contributed by atoms with van der Waals surface area (Å²) in [5, 5.41) is 4.88. The fourth-order valence-corrected chi connectivity index (χ4v) is 4.33. The fourth-order valence-electron chi connectivity index (χ4n) is 2.62. The zero-order valence-electron chi connectivity index (χ0n) is 14.1. The summed E-state index contributed by atoms with van der Waals surface area (Å²) in [6, 6.07) is 9.21. The van der Waals surface area contributed by atoms with E-state index in [0.717, 1.165) is 21.6 Å². The standard InChI is InChI=1S/C18H18Cl2N2O2S/c1-10-4-7-14(24-10)13(22(2)3)9-21-18(23)17-16(20)12-6-5-11(19)8-15(12)25-17/h4-8,13H,9H2,1-3H3,(H,21,23)/t13-/m1/s1. The maximum atomic E-state index is 12.6. The Labute approximate surface area is 160 Å². The Morgan fingerprint density at radius 1 is 1.28 bits per heavy atom. The Balaban J connectivity index is 1.78. The smallest absolute Gasteiger partial charge is 0.263 e. The molecule has 0 fully saturated rings. The molecule has 0 radical (unpaired) electrons. The molecule has 0 spiro atoms. The van der Waals surface area contributed by atoms with Crippen molar-refractivity contribution in [3.63, 3.8) is 0 Å². The second-order valence-corrected chi connectivity index (χ2v) is 7.89. The molecule has 4 nitrogen and oxygen atoms in total. The number of nitrogens with one attached hydrogen (secondary N) is 1. The summed E-state index contributed by atoms with van der Waals surface area (Å²) in [5.41, 5.74) is 0. The summed E-state index contributed by atoms with van der Waals surface area (Å²) >= 11 is 13.7. The molecule has 132 valence electrons. The van der Waals surface area contributed by atoms with Gasteiger partial charge in [-0.25, -0.2) is 0 Å². The molecule has 1 N–H and O–H groups in total. The molecule has 2 heterocycles. The predicted molar refractivity (Wildman–Crippen MR) is 104 cm³/mol. The Morgan fingerprint density at radius 3 is 2.68 bits per heavy atom. The molecule has 0 aliphatic carbocycles. The molecule has 0 saturated heterocycles. The number of likely N-dealkylation sites (N-methyl/N-ethyl adjacent to an activating group) is 1. The molecule has 0 saturated carbocycles. The number of nitrogens with zero attached hydrogens (tertiary/aromatic N) is 1. The van der Waals surface area contributed by atoms with Crippen LogP contribution in [0.2, 0.25) is 10.0 Å². The minimum Gasteiger partial charge on any atom is -0.465 e. The molecule has 1 atom stereocenters. The Morgan fingerprint density at radius 2 is 2.04 bits per heavy atom. The number of amides is 1. The average molecular weight is 397 g/mol. The first-order chi connectivity index (χ1) is 11.9. The molecule has 0 aliphatic heterocycles. The number of carbonyl (C=O) groups excluding carboxylic acids is 1. The molecule has 7 heteroatoms. The van der Waals surface area contributed by atoms with E-state index in [1.165, 1.54) is 11.3 Å². The summed E-state index contributed by atoms with van der Waals surface area (Å²) in [6.45, 7) is 2.32. The van der Waals surface area contributed by atoms with Crippen LogP contribution >= 0.6 is 34.5 Å². The van der Waals surface area contributed by atoms with E-state index in [-0.39, 0.29) is 11.9 Å². The molecule has 1 aromatic carbocycles. The lowest BCUT2D eigenvalue weighted by Gasteiger charge is -2.22. The minimum absolute atomic E-state index is 0.0553. The minimum atomic E-state index is -0.197. The third-order valence-electron chi connectivity index (χ3n) is 3.97. The fraction of sp³-hybridized carbons (Fsp3) is 0.278. The van der Waals surface area contributed by atoms with Crippen molar-refractivity contribution in [3.8, 4) is 0 Å². The lowest BCUT2D eigenvalue weighted by Crippen LogP contribution is -2.34. The van der Waals surface area contributed by atoms with Crippen molar-refractivity contribution in [1.29, 1.82) is 0 Å². The number of thiophene rings is 1. The van der Waals surface area contributed by atoms with Gasteiger partial charge >= 0.3 is 0 Å². The molecule has 3 aromatic rings. The number of carbonyl (C=O) groups is 1. The van der Waals surface area contributed by atoms with E-state index in [0.29, 0.717) is 21.5 Å². The van der Waals surface area contributed by atoms with Crippen LogP contribution in [0.4, 0.5) is 0 Å². The zero-order chi connectivity index (χ0) is 18.1. The van der Waals surface area contributed by atoms with E-state index >= 15 is 0 Å². The number of halogens is 2. The molecular formula is C18H18Cl2N2O2S. The second-order valence-electron chi connectivity index (χ2n) is 6.02. The summed E-state index contributed by atoms with van der Waals surface area (Å²) in [7, 11) is 3.90. The van der Waals surface area contributed by atoms with Crippen LogP contribution in [0.5, 0.6) is 0 Å². The van der Waals surface area contributed by atoms with Crippen LogP contribution in [0.25, 0.3) is 10.1 Å². The monoisotopic (exact) mass is 396 g/mol. The van der Waals surface area contributed by atoms with Crippen molar-refractivity contribution in [2.24, 2.45) is 0 Å². The number of hydrogen-bond acceptors (Lipinski definition) is 4. The zero-order valence-corrected chi connectivity index (χ0v) is 16.4. The maximum Gasteiger partial charge on any atom is 0.263 e. The molecule has 1 amide bonds. The highest BCUT2D eigenvalue weighted by atomic mass is 35.5. The van der Waals surface area contributed by atoms with Gasteiger partial charge in [0.05, 0.1) is 11.1 Å². The van der Waals surface area contributed by atoms with Crippen LogP contribution in [0.15, 0.2) is 34.7 Å². The summed E-state index contributed by atoms with van der Waals surface area (Å²) in [5.74, 6) is 1.46. The number of fused-ring (bicyclic) bond motifs is 1. The second kappa shape index (κ2) is 7.38. The van der Waals surface area contributed by atoms with Crippen LogP contribution in [-0.2, 0) is 0 Å². The lowest BCUT2D eigenvalue weighted by atomic mass is 10.2. The van der Waals surface area contributed by atoms with Gasteiger partial charge in [0, 0.05) is 21.7 Å². The van der Waals surface area contributed by atoms with Crippen LogP contribution in [-0.4, -0.2) is 31.4 Å². The van der Waals surface area contributed by atoms with Gasteiger partial charge in [0.1, 0.15) is 16.4 Å². The molecule has 2 aromatic heterocycles. The summed E-state index contributed by atoms with van der Waals surface area (Å²) < 4.78 is 6.60. The number of furan rings is 1. The maximum absolute atomic E-state index is 12.6. The normalized spacial score (nSPS) is 12.7. The summed E-state index contributed by atoms with van der Waals surface area (Å²) in [6.07, 6.45) is 0. The van der Waals surface area contributed by atoms with Crippen molar-refractivity contribution in [3.05, 3.63) is 56.8 Å². The first-order valence-corrected chi connectivity index (χ1v) is 9.32.